The van der Waals surface area contributed by atoms with Crippen LogP contribution in [-0.4, -0.2) is 5.97 Å². The number of nitrogens with two attached hydrogens (primary N) is 1. The average molecular weight is 207 g/mol. The number of hydrogen-bond acceptors (Lipinski definition) is 4. The third-order valence-corrected chi connectivity index (χ3v) is 1.79. The summed E-state index contributed by atoms with van der Waals surface area (Å²) in [4.78, 5) is 10.6. The molecule has 0 amide bonds. The molecule has 0 bridgehead atoms. The van der Waals surface area contributed by atoms with Gasteiger partial charge in [0.05, 0.1) is 5.97 Å². The fourth-order valence-corrected chi connectivity index (χ4v) is 0.966. The first-order valence-electron chi connectivity index (χ1n) is 2.91. The Bertz CT molecular complexity index is 303. The second-order valence-electron chi connectivity index (χ2n) is 2.03. The van der Waals surface area contributed by atoms with Crippen LogP contribution in [0.25, 0.3) is 0 Å². The summed E-state index contributed by atoms with van der Waals surface area (Å²) in [6.45, 7) is 0. The number of carbonyl (C=O) groups excluding carboxylic acids is 1. The molecule has 0 aliphatic rings. The molecular formula is C7H6KNO2S. The van der Waals surface area contributed by atoms with Gasteiger partial charge in [0.25, 0.3) is 0 Å². The molecule has 1 rings (SSSR count). The molecule has 1 aromatic rings. The molecule has 1 aromatic carbocycles. The Morgan fingerprint density at radius 3 is 2.50 bits per heavy atom. The summed E-state index contributed by atoms with van der Waals surface area (Å²) in [7, 11) is 0. The SMILES string of the molecule is Nc1cccc(C(=O)[O-])c1S.[K+]. The zero-order valence-corrected chi connectivity index (χ0v) is 10.6. The Morgan fingerprint density at radius 1 is 1.50 bits per heavy atom. The van der Waals surface area contributed by atoms with Crippen LogP contribution in [-0.2, 0) is 0 Å². The molecule has 58 valence electrons. The molecule has 0 spiro atoms. The number of carbonyl (C=O) groups is 1. The van der Waals surface area contributed by atoms with Crippen LogP contribution >= 0.6 is 12.6 Å². The first-order chi connectivity index (χ1) is 5.13. The van der Waals surface area contributed by atoms with Crippen molar-refractivity contribution in [2.24, 2.45) is 0 Å². The van der Waals surface area contributed by atoms with Gasteiger partial charge >= 0.3 is 51.4 Å². The zero-order valence-electron chi connectivity index (χ0n) is 6.57. The van der Waals surface area contributed by atoms with Gasteiger partial charge in [0.2, 0.25) is 0 Å². The number of hydrogen-bond donors (Lipinski definition) is 2. The van der Waals surface area contributed by atoms with E-state index in [2.05, 4.69) is 12.6 Å². The van der Waals surface area contributed by atoms with Crippen molar-refractivity contribution in [3.05, 3.63) is 23.8 Å². The van der Waals surface area contributed by atoms with Crippen LogP contribution < -0.4 is 62.2 Å². The van der Waals surface area contributed by atoms with Crippen LogP contribution in [0.1, 0.15) is 10.4 Å². The summed E-state index contributed by atoms with van der Waals surface area (Å²) in [6.07, 6.45) is 0. The molecule has 0 unspecified atom stereocenters. The molecule has 12 heavy (non-hydrogen) atoms. The maximum absolute atomic E-state index is 10.4. The number of benzene rings is 1. The maximum atomic E-state index is 10.4. The molecular weight excluding hydrogens is 201 g/mol. The molecule has 0 aliphatic heterocycles. The van der Waals surface area contributed by atoms with Crippen LogP contribution in [0.3, 0.4) is 0 Å². The van der Waals surface area contributed by atoms with Crippen molar-refractivity contribution in [3.63, 3.8) is 0 Å². The predicted octanol–water partition coefficient (Wildman–Crippen LogP) is -3.07. The Kier molecular flexibility index (Phi) is 5.47. The number of carboxylic acid groups (broad SMARTS) is 1. The largest absolute Gasteiger partial charge is 1.00 e. The van der Waals surface area contributed by atoms with E-state index >= 15 is 0 Å². The number of rotatable bonds is 1. The van der Waals surface area contributed by atoms with Gasteiger partial charge in [-0.1, -0.05) is 12.1 Å². The predicted molar refractivity (Wildman–Crippen MR) is 42.4 cm³/mol. The smallest absolute Gasteiger partial charge is 0.545 e. The molecule has 0 fully saturated rings. The van der Waals surface area contributed by atoms with Crippen molar-refractivity contribution < 1.29 is 61.3 Å². The van der Waals surface area contributed by atoms with Crippen LogP contribution in [0, 0.1) is 0 Å². The summed E-state index contributed by atoms with van der Waals surface area (Å²) < 4.78 is 0. The summed E-state index contributed by atoms with van der Waals surface area (Å²) >= 11 is 3.90. The van der Waals surface area contributed by atoms with E-state index < -0.39 is 5.97 Å². The number of anilines is 1. The van der Waals surface area contributed by atoms with Gasteiger partial charge in [-0.25, -0.2) is 0 Å². The standard InChI is InChI=1S/C7H7NO2S.K/c8-5-3-1-2-4(6(5)11)7(9)10;/h1-3,11H,8H2,(H,9,10);/q;+1/p-1. The van der Waals surface area contributed by atoms with E-state index in [1.54, 1.807) is 12.1 Å². The second-order valence-corrected chi connectivity index (χ2v) is 2.48. The first kappa shape index (κ1) is 12.5. The molecule has 0 aliphatic carbocycles. The van der Waals surface area contributed by atoms with Gasteiger partial charge in [-0.3, -0.25) is 0 Å². The maximum Gasteiger partial charge on any atom is 1.00 e. The number of aromatic carboxylic acids is 1. The molecule has 5 heteroatoms. The Balaban J connectivity index is 0.00000121. The molecule has 3 nitrogen and oxygen atoms in total. The third-order valence-electron chi connectivity index (χ3n) is 1.29. The van der Waals surface area contributed by atoms with E-state index in [4.69, 9.17) is 5.73 Å². The zero-order chi connectivity index (χ0) is 8.43. The molecule has 0 heterocycles. The van der Waals surface area contributed by atoms with Gasteiger partial charge in [0.1, 0.15) is 0 Å². The molecule has 0 saturated carbocycles. The Morgan fingerprint density at radius 2 is 2.08 bits per heavy atom. The minimum Gasteiger partial charge on any atom is -0.545 e. The average Bonchev–Trinajstić information content (AvgIpc) is 1.94. The molecule has 0 atom stereocenters. The minimum atomic E-state index is -1.26. The molecule has 0 radical (unpaired) electrons. The molecule has 0 saturated heterocycles. The third kappa shape index (κ3) is 2.76. The number of nitrogen functional groups attached to an aromatic ring is 1. The quantitative estimate of drug-likeness (QED) is 0.292. The monoisotopic (exact) mass is 207 g/mol. The van der Waals surface area contributed by atoms with Gasteiger partial charge in [-0.05, 0) is 6.07 Å². The van der Waals surface area contributed by atoms with E-state index in [1.165, 1.54) is 6.07 Å². The van der Waals surface area contributed by atoms with E-state index in [9.17, 15) is 9.90 Å². The van der Waals surface area contributed by atoms with Crippen LogP contribution in [0.5, 0.6) is 0 Å². The minimum absolute atomic E-state index is 0. The van der Waals surface area contributed by atoms with Gasteiger partial charge in [-0.15, -0.1) is 12.6 Å². The van der Waals surface area contributed by atoms with Crippen molar-refractivity contribution >= 4 is 24.3 Å². The van der Waals surface area contributed by atoms with E-state index in [1.807, 2.05) is 0 Å². The van der Waals surface area contributed by atoms with E-state index in [0.29, 0.717) is 5.69 Å². The van der Waals surface area contributed by atoms with Crippen molar-refractivity contribution in [2.75, 3.05) is 5.73 Å². The van der Waals surface area contributed by atoms with Crippen molar-refractivity contribution in [3.8, 4) is 0 Å². The molecule has 2 N–H and O–H groups in total. The number of thiol groups is 1. The Labute approximate surface area is 118 Å². The van der Waals surface area contributed by atoms with Crippen LogP contribution in [0.15, 0.2) is 23.1 Å². The number of carboxylic acids is 1. The van der Waals surface area contributed by atoms with Crippen molar-refractivity contribution in [1.82, 2.24) is 0 Å². The summed E-state index contributed by atoms with van der Waals surface area (Å²) in [5.41, 5.74) is 5.76. The first-order valence-corrected chi connectivity index (χ1v) is 3.36. The van der Waals surface area contributed by atoms with Crippen LogP contribution in [0.2, 0.25) is 0 Å². The summed E-state index contributed by atoms with van der Waals surface area (Å²) in [5, 5.41) is 10.4. The van der Waals surface area contributed by atoms with Gasteiger partial charge in [0, 0.05) is 16.1 Å². The topological polar surface area (TPSA) is 66.2 Å². The Hall–Kier alpha value is 0.476. The fraction of sp³-hybridized carbons (Fsp3) is 0. The second kappa shape index (κ2) is 5.26. The van der Waals surface area contributed by atoms with Crippen molar-refractivity contribution in [1.29, 1.82) is 0 Å². The molecule has 0 aromatic heterocycles. The summed E-state index contributed by atoms with van der Waals surface area (Å²) in [6, 6.07) is 4.52. The van der Waals surface area contributed by atoms with Crippen LogP contribution in [0.4, 0.5) is 5.69 Å². The van der Waals surface area contributed by atoms with Gasteiger partial charge in [0.15, 0.2) is 0 Å². The summed E-state index contributed by atoms with van der Waals surface area (Å²) in [5.74, 6) is -1.26. The normalized spacial score (nSPS) is 8.75. The van der Waals surface area contributed by atoms with Gasteiger partial charge in [-0.2, -0.15) is 0 Å². The van der Waals surface area contributed by atoms with E-state index in [0.717, 1.165) is 0 Å². The van der Waals surface area contributed by atoms with Gasteiger partial charge < -0.3 is 15.6 Å². The fourth-order valence-electron chi connectivity index (χ4n) is 0.726. The van der Waals surface area contributed by atoms with Crippen molar-refractivity contribution in [2.45, 2.75) is 4.90 Å². The van der Waals surface area contributed by atoms with E-state index in [-0.39, 0.29) is 61.8 Å².